The van der Waals surface area contributed by atoms with E-state index in [2.05, 4.69) is 4.74 Å². The van der Waals surface area contributed by atoms with Gasteiger partial charge < -0.3 is 9.30 Å². The Balaban J connectivity index is 2.35. The number of methoxy groups -OCH3 is 1. The van der Waals surface area contributed by atoms with Gasteiger partial charge in [-0.1, -0.05) is 29.8 Å². The summed E-state index contributed by atoms with van der Waals surface area (Å²) >= 11 is 0. The van der Waals surface area contributed by atoms with E-state index >= 15 is 0 Å². The molecule has 104 valence electrons. The largest absolute Gasteiger partial charge is 0.469 e. The van der Waals surface area contributed by atoms with Crippen LogP contribution in [0.25, 0.3) is 0 Å². The SMILES string of the molecule is COC(=O)Cc1c(C(=O)c2ccc(C)cc2)ccn1C. The van der Waals surface area contributed by atoms with E-state index in [-0.39, 0.29) is 18.2 Å². The van der Waals surface area contributed by atoms with Crippen LogP contribution < -0.4 is 0 Å². The summed E-state index contributed by atoms with van der Waals surface area (Å²) < 4.78 is 6.45. The highest BCUT2D eigenvalue weighted by atomic mass is 16.5. The first-order valence-corrected chi connectivity index (χ1v) is 6.35. The summed E-state index contributed by atoms with van der Waals surface area (Å²) in [7, 11) is 3.15. The molecule has 1 aromatic heterocycles. The minimum absolute atomic E-state index is 0.0792. The normalized spacial score (nSPS) is 10.3. The fourth-order valence-corrected chi connectivity index (χ4v) is 2.06. The second-order valence-corrected chi connectivity index (χ2v) is 4.74. The maximum atomic E-state index is 12.5. The number of esters is 1. The van der Waals surface area contributed by atoms with Crippen molar-refractivity contribution in [2.45, 2.75) is 13.3 Å². The zero-order valence-electron chi connectivity index (χ0n) is 11.8. The number of hydrogen-bond donors (Lipinski definition) is 0. The number of aromatic nitrogens is 1. The van der Waals surface area contributed by atoms with E-state index in [1.165, 1.54) is 7.11 Å². The van der Waals surface area contributed by atoms with Gasteiger partial charge in [0.1, 0.15) is 0 Å². The van der Waals surface area contributed by atoms with Gasteiger partial charge in [-0.3, -0.25) is 9.59 Å². The van der Waals surface area contributed by atoms with Crippen molar-refractivity contribution >= 4 is 11.8 Å². The third-order valence-electron chi connectivity index (χ3n) is 3.30. The Hall–Kier alpha value is -2.36. The van der Waals surface area contributed by atoms with Crippen molar-refractivity contribution in [3.63, 3.8) is 0 Å². The topological polar surface area (TPSA) is 48.3 Å². The number of ketones is 1. The van der Waals surface area contributed by atoms with E-state index < -0.39 is 0 Å². The summed E-state index contributed by atoms with van der Waals surface area (Å²) in [5, 5.41) is 0. The second-order valence-electron chi connectivity index (χ2n) is 4.74. The molecule has 0 saturated heterocycles. The summed E-state index contributed by atoms with van der Waals surface area (Å²) in [5.74, 6) is -0.436. The van der Waals surface area contributed by atoms with Gasteiger partial charge in [0.15, 0.2) is 5.78 Å². The minimum atomic E-state index is -0.357. The number of hydrogen-bond acceptors (Lipinski definition) is 3. The van der Waals surface area contributed by atoms with Gasteiger partial charge in [-0.2, -0.15) is 0 Å². The number of aryl methyl sites for hydroxylation is 2. The summed E-state index contributed by atoms with van der Waals surface area (Å²) in [6, 6.07) is 9.13. The molecule has 0 aliphatic heterocycles. The van der Waals surface area contributed by atoms with Crippen LogP contribution in [0.2, 0.25) is 0 Å². The molecule has 0 atom stereocenters. The van der Waals surface area contributed by atoms with Crippen molar-refractivity contribution in [3.8, 4) is 0 Å². The van der Waals surface area contributed by atoms with Gasteiger partial charge in [0, 0.05) is 30.1 Å². The third-order valence-corrected chi connectivity index (χ3v) is 3.30. The lowest BCUT2D eigenvalue weighted by molar-refractivity contribution is -0.139. The van der Waals surface area contributed by atoms with Crippen molar-refractivity contribution in [1.29, 1.82) is 0 Å². The van der Waals surface area contributed by atoms with Gasteiger partial charge in [-0.25, -0.2) is 0 Å². The highest BCUT2D eigenvalue weighted by Crippen LogP contribution is 2.17. The number of carbonyl (C=O) groups excluding carboxylic acids is 2. The summed E-state index contributed by atoms with van der Waals surface area (Å²) in [5.41, 5.74) is 2.93. The third kappa shape index (κ3) is 2.79. The smallest absolute Gasteiger partial charge is 0.311 e. The molecule has 2 aromatic rings. The molecular weight excluding hydrogens is 254 g/mol. The average molecular weight is 271 g/mol. The van der Waals surface area contributed by atoms with Crippen LogP contribution in [-0.2, 0) is 23.0 Å². The van der Waals surface area contributed by atoms with E-state index in [9.17, 15) is 9.59 Å². The van der Waals surface area contributed by atoms with Crippen molar-refractivity contribution < 1.29 is 14.3 Å². The van der Waals surface area contributed by atoms with Crippen molar-refractivity contribution in [2.75, 3.05) is 7.11 Å². The van der Waals surface area contributed by atoms with Crippen molar-refractivity contribution in [2.24, 2.45) is 7.05 Å². The molecule has 0 bridgehead atoms. The lowest BCUT2D eigenvalue weighted by Crippen LogP contribution is -2.12. The van der Waals surface area contributed by atoms with Gasteiger partial charge in [-0.15, -0.1) is 0 Å². The standard InChI is InChI=1S/C16H17NO3/c1-11-4-6-12(7-5-11)16(19)13-8-9-17(2)14(13)10-15(18)20-3/h4-9H,10H2,1-3H3. The Bertz CT molecular complexity index is 638. The molecule has 0 radical (unpaired) electrons. The number of benzene rings is 1. The van der Waals surface area contributed by atoms with Crippen molar-refractivity contribution in [3.05, 3.63) is 58.9 Å². The lowest BCUT2D eigenvalue weighted by Gasteiger charge is -2.06. The quantitative estimate of drug-likeness (QED) is 0.633. The van der Waals surface area contributed by atoms with Gasteiger partial charge >= 0.3 is 5.97 Å². The highest BCUT2D eigenvalue weighted by molar-refractivity contribution is 6.10. The van der Waals surface area contributed by atoms with E-state index in [1.54, 1.807) is 29.0 Å². The van der Waals surface area contributed by atoms with Crippen LogP contribution >= 0.6 is 0 Å². The first kappa shape index (κ1) is 14.1. The maximum absolute atomic E-state index is 12.5. The zero-order chi connectivity index (χ0) is 14.7. The Morgan fingerprint density at radius 3 is 2.40 bits per heavy atom. The fourth-order valence-electron chi connectivity index (χ4n) is 2.06. The average Bonchev–Trinajstić information content (AvgIpc) is 2.80. The lowest BCUT2D eigenvalue weighted by atomic mass is 10.0. The number of carbonyl (C=O) groups is 2. The predicted molar refractivity (Wildman–Crippen MR) is 75.7 cm³/mol. The number of nitrogens with zero attached hydrogens (tertiary/aromatic N) is 1. The first-order valence-electron chi connectivity index (χ1n) is 6.35. The molecule has 0 saturated carbocycles. The molecule has 4 heteroatoms. The number of ether oxygens (including phenoxy) is 1. The van der Waals surface area contributed by atoms with E-state index in [1.807, 2.05) is 26.1 Å². The molecular formula is C16H17NO3. The van der Waals surface area contributed by atoms with Crippen LogP contribution in [0.3, 0.4) is 0 Å². The molecule has 2 rings (SSSR count). The van der Waals surface area contributed by atoms with Crippen LogP contribution in [-0.4, -0.2) is 23.4 Å². The molecule has 1 aromatic carbocycles. The van der Waals surface area contributed by atoms with Crippen LogP contribution in [0.1, 0.15) is 27.2 Å². The molecule has 0 amide bonds. The van der Waals surface area contributed by atoms with Crippen LogP contribution in [0.5, 0.6) is 0 Å². The molecule has 0 aliphatic rings. The molecule has 0 N–H and O–H groups in total. The van der Waals surface area contributed by atoms with Crippen molar-refractivity contribution in [1.82, 2.24) is 4.57 Å². The molecule has 0 fully saturated rings. The Kier molecular flexibility index (Phi) is 4.03. The summed E-state index contributed by atoms with van der Waals surface area (Å²) in [6.45, 7) is 1.97. The fraction of sp³-hybridized carbons (Fsp3) is 0.250. The predicted octanol–water partition coefficient (Wildman–Crippen LogP) is 2.28. The summed E-state index contributed by atoms with van der Waals surface area (Å²) in [6.07, 6.45) is 1.87. The highest BCUT2D eigenvalue weighted by Gasteiger charge is 2.18. The molecule has 4 nitrogen and oxygen atoms in total. The monoisotopic (exact) mass is 271 g/mol. The molecule has 0 unspecified atom stereocenters. The maximum Gasteiger partial charge on any atom is 0.311 e. The Labute approximate surface area is 118 Å². The molecule has 1 heterocycles. The molecule has 20 heavy (non-hydrogen) atoms. The van der Waals surface area contributed by atoms with Crippen LogP contribution in [0, 0.1) is 6.92 Å². The van der Waals surface area contributed by atoms with Gasteiger partial charge in [0.2, 0.25) is 0 Å². The first-order chi connectivity index (χ1) is 9.52. The second kappa shape index (κ2) is 5.74. The van der Waals surface area contributed by atoms with Crippen LogP contribution in [0.4, 0.5) is 0 Å². The van der Waals surface area contributed by atoms with E-state index in [0.717, 1.165) is 5.56 Å². The summed E-state index contributed by atoms with van der Waals surface area (Å²) in [4.78, 5) is 23.9. The van der Waals surface area contributed by atoms with Gasteiger partial charge in [0.05, 0.1) is 13.5 Å². The minimum Gasteiger partial charge on any atom is -0.469 e. The zero-order valence-corrected chi connectivity index (χ0v) is 11.8. The Morgan fingerprint density at radius 1 is 1.15 bits per heavy atom. The molecule has 0 aliphatic carbocycles. The van der Waals surface area contributed by atoms with E-state index in [4.69, 9.17) is 0 Å². The van der Waals surface area contributed by atoms with Gasteiger partial charge in [0.25, 0.3) is 0 Å². The number of rotatable bonds is 4. The van der Waals surface area contributed by atoms with E-state index in [0.29, 0.717) is 16.8 Å². The van der Waals surface area contributed by atoms with Crippen LogP contribution in [0.15, 0.2) is 36.5 Å². The molecule has 0 spiro atoms. The van der Waals surface area contributed by atoms with Gasteiger partial charge in [-0.05, 0) is 13.0 Å². The Morgan fingerprint density at radius 2 is 1.80 bits per heavy atom.